The van der Waals surface area contributed by atoms with Gasteiger partial charge in [-0.25, -0.2) is 13.1 Å². The lowest BCUT2D eigenvalue weighted by atomic mass is 9.92. The van der Waals surface area contributed by atoms with E-state index < -0.39 is 10.0 Å². The number of hydrogen-bond acceptors (Lipinski definition) is 3. The van der Waals surface area contributed by atoms with E-state index in [4.69, 9.17) is 28.9 Å². The van der Waals surface area contributed by atoms with Crippen molar-refractivity contribution >= 4 is 33.2 Å². The van der Waals surface area contributed by atoms with Gasteiger partial charge < -0.3 is 5.73 Å². The molecular formula is C12H16Cl2N2O2S. The molecule has 1 saturated carbocycles. The molecule has 0 amide bonds. The molecule has 3 N–H and O–H groups in total. The second-order valence-corrected chi connectivity index (χ2v) is 7.28. The first-order chi connectivity index (χ1) is 8.90. The predicted molar refractivity (Wildman–Crippen MR) is 77.0 cm³/mol. The summed E-state index contributed by atoms with van der Waals surface area (Å²) in [4.78, 5) is 0.111. The van der Waals surface area contributed by atoms with Crippen LogP contribution in [0.25, 0.3) is 0 Å². The van der Waals surface area contributed by atoms with Gasteiger partial charge in [0.05, 0.1) is 14.9 Å². The first-order valence-electron chi connectivity index (χ1n) is 6.13. The Morgan fingerprint density at radius 1 is 1.16 bits per heavy atom. The van der Waals surface area contributed by atoms with Crippen molar-refractivity contribution in [1.82, 2.24) is 4.72 Å². The van der Waals surface area contributed by atoms with Gasteiger partial charge in [-0.3, -0.25) is 0 Å². The summed E-state index contributed by atoms with van der Waals surface area (Å²) in [5.74, 6) is 0. The van der Waals surface area contributed by atoms with Crippen molar-refractivity contribution in [2.24, 2.45) is 5.73 Å². The summed E-state index contributed by atoms with van der Waals surface area (Å²) in [5, 5.41) is 0.549. The number of benzene rings is 1. The average Bonchev–Trinajstić information content (AvgIpc) is 2.35. The third kappa shape index (κ3) is 3.61. The van der Waals surface area contributed by atoms with Gasteiger partial charge in [-0.05, 0) is 31.0 Å². The zero-order valence-corrected chi connectivity index (χ0v) is 12.6. The molecule has 0 spiro atoms. The summed E-state index contributed by atoms with van der Waals surface area (Å²) in [7, 11) is -3.61. The van der Waals surface area contributed by atoms with E-state index in [0.717, 1.165) is 25.7 Å². The Morgan fingerprint density at radius 2 is 1.84 bits per heavy atom. The quantitative estimate of drug-likeness (QED) is 0.898. The third-order valence-electron chi connectivity index (χ3n) is 3.33. The van der Waals surface area contributed by atoms with Crippen LogP contribution in [0, 0.1) is 0 Å². The Kier molecular flexibility index (Phi) is 4.74. The second-order valence-electron chi connectivity index (χ2n) is 4.75. The van der Waals surface area contributed by atoms with Crippen molar-refractivity contribution in [3.63, 3.8) is 0 Å². The van der Waals surface area contributed by atoms with Crippen LogP contribution in [0.1, 0.15) is 25.7 Å². The first-order valence-corrected chi connectivity index (χ1v) is 8.37. The zero-order valence-electron chi connectivity index (χ0n) is 10.3. The zero-order chi connectivity index (χ0) is 14.0. The lowest BCUT2D eigenvalue weighted by Gasteiger charge is -2.29. The minimum absolute atomic E-state index is 0.111. The largest absolute Gasteiger partial charge is 0.326 e. The van der Waals surface area contributed by atoms with Crippen LogP contribution in [-0.4, -0.2) is 20.5 Å². The molecule has 0 heterocycles. The molecule has 1 aromatic carbocycles. The van der Waals surface area contributed by atoms with Crippen molar-refractivity contribution in [3.05, 3.63) is 28.2 Å². The Labute approximate surface area is 123 Å². The van der Waals surface area contributed by atoms with Gasteiger partial charge in [0.15, 0.2) is 0 Å². The van der Waals surface area contributed by atoms with Crippen LogP contribution in [0.2, 0.25) is 10.0 Å². The molecule has 19 heavy (non-hydrogen) atoms. The van der Waals surface area contributed by atoms with Gasteiger partial charge in [0.25, 0.3) is 0 Å². The van der Waals surface area contributed by atoms with Gasteiger partial charge in [0, 0.05) is 12.1 Å². The number of rotatable bonds is 3. The monoisotopic (exact) mass is 322 g/mol. The van der Waals surface area contributed by atoms with Crippen LogP contribution in [-0.2, 0) is 10.0 Å². The Morgan fingerprint density at radius 3 is 2.47 bits per heavy atom. The SMILES string of the molecule is NC1CCCCC1NS(=O)(=O)c1ccc(Cl)c(Cl)c1. The minimum Gasteiger partial charge on any atom is -0.326 e. The maximum Gasteiger partial charge on any atom is 0.240 e. The van der Waals surface area contributed by atoms with E-state index in [0.29, 0.717) is 5.02 Å². The van der Waals surface area contributed by atoms with Crippen LogP contribution in [0.4, 0.5) is 0 Å². The summed E-state index contributed by atoms with van der Waals surface area (Å²) in [6, 6.07) is 3.91. The summed E-state index contributed by atoms with van der Waals surface area (Å²) in [5.41, 5.74) is 5.94. The molecule has 1 aromatic rings. The van der Waals surface area contributed by atoms with Crippen LogP contribution in [0.5, 0.6) is 0 Å². The van der Waals surface area contributed by atoms with Crippen molar-refractivity contribution in [2.75, 3.05) is 0 Å². The van der Waals surface area contributed by atoms with Gasteiger partial charge in [-0.1, -0.05) is 36.0 Å². The summed E-state index contributed by atoms with van der Waals surface area (Å²) >= 11 is 11.6. The molecule has 2 atom stereocenters. The van der Waals surface area contributed by atoms with Gasteiger partial charge in [0.2, 0.25) is 10.0 Å². The molecule has 0 bridgehead atoms. The van der Waals surface area contributed by atoms with Gasteiger partial charge >= 0.3 is 0 Å². The van der Waals surface area contributed by atoms with E-state index in [1.54, 1.807) is 0 Å². The molecule has 4 nitrogen and oxygen atoms in total. The molecule has 1 aliphatic rings. The van der Waals surface area contributed by atoms with Crippen molar-refractivity contribution in [3.8, 4) is 0 Å². The van der Waals surface area contributed by atoms with E-state index in [1.165, 1.54) is 18.2 Å². The normalized spacial score (nSPS) is 24.4. The molecular weight excluding hydrogens is 307 g/mol. The first kappa shape index (κ1) is 15.1. The smallest absolute Gasteiger partial charge is 0.240 e. The number of halogens is 2. The molecule has 0 radical (unpaired) electrons. The Hall–Kier alpha value is -0.330. The highest BCUT2D eigenvalue weighted by Crippen LogP contribution is 2.25. The van der Waals surface area contributed by atoms with Crippen LogP contribution in [0.15, 0.2) is 23.1 Å². The van der Waals surface area contributed by atoms with E-state index in [9.17, 15) is 8.42 Å². The highest BCUT2D eigenvalue weighted by atomic mass is 35.5. The number of sulfonamides is 1. The lowest BCUT2D eigenvalue weighted by molar-refractivity contribution is 0.361. The molecule has 0 saturated heterocycles. The maximum atomic E-state index is 12.2. The average molecular weight is 323 g/mol. The second kappa shape index (κ2) is 5.97. The lowest BCUT2D eigenvalue weighted by Crippen LogP contribution is -2.49. The standard InChI is InChI=1S/C12H16Cl2N2O2S/c13-9-6-5-8(7-10(9)14)19(17,18)16-12-4-2-1-3-11(12)15/h5-7,11-12,16H,1-4,15H2. The molecule has 1 aliphatic carbocycles. The molecule has 106 valence electrons. The summed E-state index contributed by atoms with van der Waals surface area (Å²) in [6.07, 6.45) is 3.64. The van der Waals surface area contributed by atoms with Gasteiger partial charge in [0.1, 0.15) is 0 Å². The van der Waals surface area contributed by atoms with E-state index in [2.05, 4.69) is 4.72 Å². The fourth-order valence-corrected chi connectivity index (χ4v) is 3.93. The summed E-state index contributed by atoms with van der Waals surface area (Å²) < 4.78 is 27.1. The highest BCUT2D eigenvalue weighted by molar-refractivity contribution is 7.89. The van der Waals surface area contributed by atoms with E-state index in [1.807, 2.05) is 0 Å². The number of hydrogen-bond donors (Lipinski definition) is 2. The molecule has 0 aromatic heterocycles. The molecule has 2 unspecified atom stereocenters. The van der Waals surface area contributed by atoms with Crippen molar-refractivity contribution in [2.45, 2.75) is 42.7 Å². The minimum atomic E-state index is -3.61. The van der Waals surface area contributed by atoms with Crippen LogP contribution >= 0.6 is 23.2 Å². The van der Waals surface area contributed by atoms with E-state index in [-0.39, 0.29) is 22.0 Å². The van der Waals surface area contributed by atoms with Gasteiger partial charge in [-0.2, -0.15) is 0 Å². The predicted octanol–water partition coefficient (Wildman–Crippen LogP) is 2.54. The number of nitrogens with one attached hydrogen (secondary N) is 1. The molecule has 0 aliphatic heterocycles. The topological polar surface area (TPSA) is 72.2 Å². The van der Waals surface area contributed by atoms with Crippen LogP contribution < -0.4 is 10.5 Å². The molecule has 7 heteroatoms. The van der Waals surface area contributed by atoms with Crippen LogP contribution in [0.3, 0.4) is 0 Å². The van der Waals surface area contributed by atoms with E-state index >= 15 is 0 Å². The maximum absolute atomic E-state index is 12.2. The molecule has 2 rings (SSSR count). The highest BCUT2D eigenvalue weighted by Gasteiger charge is 2.27. The number of nitrogens with two attached hydrogens (primary N) is 1. The van der Waals surface area contributed by atoms with Crippen molar-refractivity contribution in [1.29, 1.82) is 0 Å². The van der Waals surface area contributed by atoms with Gasteiger partial charge in [-0.15, -0.1) is 0 Å². The summed E-state index contributed by atoms with van der Waals surface area (Å²) in [6.45, 7) is 0. The third-order valence-corrected chi connectivity index (χ3v) is 5.55. The fraction of sp³-hybridized carbons (Fsp3) is 0.500. The van der Waals surface area contributed by atoms with Crippen molar-refractivity contribution < 1.29 is 8.42 Å². The Balaban J connectivity index is 2.19. The molecule has 1 fully saturated rings. The fourth-order valence-electron chi connectivity index (χ4n) is 2.22. The Bertz CT molecular complexity index is 563.